The number of benzene rings is 1. The van der Waals surface area contributed by atoms with E-state index >= 15 is 0 Å². The highest BCUT2D eigenvalue weighted by Gasteiger charge is 2.22. The summed E-state index contributed by atoms with van der Waals surface area (Å²) in [4.78, 5) is 11.2. The van der Waals surface area contributed by atoms with Crippen molar-refractivity contribution in [3.05, 3.63) is 46.8 Å². The number of methoxy groups -OCH3 is 1. The molecule has 0 spiro atoms. The van der Waals surface area contributed by atoms with Crippen LogP contribution in [0.4, 0.5) is 4.39 Å². The lowest BCUT2D eigenvalue weighted by Gasteiger charge is -2.25. The Balaban J connectivity index is 1.65. The average Bonchev–Trinajstić information content (AvgIpc) is 3.10. The fraction of sp³-hybridized carbons (Fsp3) is 0.571. The summed E-state index contributed by atoms with van der Waals surface area (Å²) in [5, 5.41) is 11.3. The van der Waals surface area contributed by atoms with E-state index in [4.69, 9.17) is 9.73 Å². The van der Waals surface area contributed by atoms with Gasteiger partial charge in [0.2, 0.25) is 0 Å². The molecule has 164 valence electrons. The van der Waals surface area contributed by atoms with Gasteiger partial charge in [0.05, 0.1) is 13.1 Å². The SMILES string of the molecule is CCNC(=NCc1ccc(F)c(CN(C)C)c1)NC1CCc2nc(COC)nn2C1. The second-order valence-electron chi connectivity index (χ2n) is 7.80. The van der Waals surface area contributed by atoms with E-state index in [1.807, 2.05) is 36.7 Å². The Labute approximate surface area is 177 Å². The molecule has 2 N–H and O–H groups in total. The van der Waals surface area contributed by atoms with Crippen LogP contribution in [0.3, 0.4) is 0 Å². The zero-order valence-electron chi connectivity index (χ0n) is 18.3. The highest BCUT2D eigenvalue weighted by atomic mass is 19.1. The molecule has 3 rings (SSSR count). The van der Waals surface area contributed by atoms with Crippen LogP contribution < -0.4 is 10.6 Å². The van der Waals surface area contributed by atoms with Crippen LogP contribution in [0.15, 0.2) is 23.2 Å². The average molecular weight is 418 g/mol. The van der Waals surface area contributed by atoms with Gasteiger partial charge in [-0.3, -0.25) is 0 Å². The van der Waals surface area contributed by atoms with Crippen molar-refractivity contribution >= 4 is 5.96 Å². The van der Waals surface area contributed by atoms with Crippen LogP contribution in [0.2, 0.25) is 0 Å². The van der Waals surface area contributed by atoms with Gasteiger partial charge in [0.1, 0.15) is 18.2 Å². The molecule has 30 heavy (non-hydrogen) atoms. The van der Waals surface area contributed by atoms with Crippen LogP contribution in [0.5, 0.6) is 0 Å². The number of rotatable bonds is 8. The van der Waals surface area contributed by atoms with Crippen LogP contribution >= 0.6 is 0 Å². The van der Waals surface area contributed by atoms with E-state index in [9.17, 15) is 4.39 Å². The lowest BCUT2D eigenvalue weighted by atomic mass is 10.1. The number of halogens is 1. The van der Waals surface area contributed by atoms with Crippen LogP contribution in [0, 0.1) is 5.82 Å². The Morgan fingerprint density at radius 3 is 2.97 bits per heavy atom. The number of ether oxygens (including phenoxy) is 1. The van der Waals surface area contributed by atoms with Gasteiger partial charge in [-0.15, -0.1) is 0 Å². The Morgan fingerprint density at radius 2 is 2.23 bits per heavy atom. The fourth-order valence-corrected chi connectivity index (χ4v) is 3.54. The zero-order valence-corrected chi connectivity index (χ0v) is 18.3. The number of hydrogen-bond donors (Lipinski definition) is 2. The topological polar surface area (TPSA) is 79.6 Å². The van der Waals surface area contributed by atoms with E-state index in [1.54, 1.807) is 13.2 Å². The Bertz CT molecular complexity index is 865. The first-order chi connectivity index (χ1) is 14.5. The van der Waals surface area contributed by atoms with Crippen LogP contribution in [-0.4, -0.2) is 59.4 Å². The summed E-state index contributed by atoms with van der Waals surface area (Å²) in [6, 6.07) is 5.42. The molecule has 0 amide bonds. The van der Waals surface area contributed by atoms with Crippen molar-refractivity contribution in [3.8, 4) is 0 Å². The second kappa shape index (κ2) is 10.5. The van der Waals surface area contributed by atoms with Gasteiger partial charge in [-0.1, -0.05) is 6.07 Å². The van der Waals surface area contributed by atoms with Crippen molar-refractivity contribution in [2.24, 2.45) is 4.99 Å². The molecule has 8 nitrogen and oxygen atoms in total. The largest absolute Gasteiger partial charge is 0.377 e. The van der Waals surface area contributed by atoms with E-state index in [1.165, 1.54) is 6.07 Å². The lowest BCUT2D eigenvalue weighted by Crippen LogP contribution is -2.47. The molecule has 0 saturated carbocycles. The van der Waals surface area contributed by atoms with Gasteiger partial charge in [-0.25, -0.2) is 19.0 Å². The molecule has 1 unspecified atom stereocenters. The quantitative estimate of drug-likeness (QED) is 0.503. The number of aryl methyl sites for hydroxylation is 1. The molecule has 0 radical (unpaired) electrons. The van der Waals surface area contributed by atoms with Crippen molar-refractivity contribution in [2.75, 3.05) is 27.7 Å². The third kappa shape index (κ3) is 5.99. The summed E-state index contributed by atoms with van der Waals surface area (Å²) in [5.74, 6) is 2.29. The van der Waals surface area contributed by atoms with Crippen LogP contribution in [-0.2, 0) is 37.4 Å². The number of nitrogens with zero attached hydrogens (tertiary/aromatic N) is 5. The Kier molecular flexibility index (Phi) is 7.75. The minimum atomic E-state index is -0.180. The number of guanidine groups is 1. The van der Waals surface area contributed by atoms with Gasteiger partial charge in [-0.05, 0) is 45.1 Å². The molecular weight excluding hydrogens is 385 g/mol. The van der Waals surface area contributed by atoms with Crippen LogP contribution in [0.25, 0.3) is 0 Å². The van der Waals surface area contributed by atoms with Gasteiger partial charge in [0, 0.05) is 38.2 Å². The first kappa shape index (κ1) is 22.2. The summed E-state index contributed by atoms with van der Waals surface area (Å²) in [6.07, 6.45) is 1.82. The van der Waals surface area contributed by atoms with Gasteiger partial charge < -0.3 is 20.3 Å². The second-order valence-corrected chi connectivity index (χ2v) is 7.80. The van der Waals surface area contributed by atoms with Crippen molar-refractivity contribution in [2.45, 2.75) is 52.0 Å². The maximum absolute atomic E-state index is 14.0. The van der Waals surface area contributed by atoms with Gasteiger partial charge in [-0.2, -0.15) is 5.10 Å². The standard InChI is InChI=1S/C21H32FN7O/c1-5-23-21(24-11-15-6-8-18(22)16(10-15)12-28(2)3)25-17-7-9-20-26-19(14-30-4)27-29(20)13-17/h6,8,10,17H,5,7,9,11-14H2,1-4H3,(H2,23,24,25). The highest BCUT2D eigenvalue weighted by molar-refractivity contribution is 5.80. The maximum Gasteiger partial charge on any atom is 0.191 e. The van der Waals surface area contributed by atoms with Crippen molar-refractivity contribution in [1.29, 1.82) is 0 Å². The minimum Gasteiger partial charge on any atom is -0.377 e. The summed E-state index contributed by atoms with van der Waals surface area (Å²) in [6.45, 7) is 5.01. The minimum absolute atomic E-state index is 0.180. The summed E-state index contributed by atoms with van der Waals surface area (Å²) in [7, 11) is 5.51. The predicted molar refractivity (Wildman–Crippen MR) is 115 cm³/mol. The van der Waals surface area contributed by atoms with Gasteiger partial charge in [0.25, 0.3) is 0 Å². The molecule has 1 aromatic carbocycles. The van der Waals surface area contributed by atoms with E-state index in [-0.39, 0.29) is 11.9 Å². The van der Waals surface area contributed by atoms with E-state index in [0.717, 1.165) is 49.1 Å². The Morgan fingerprint density at radius 1 is 1.40 bits per heavy atom. The Hall–Kier alpha value is -2.52. The summed E-state index contributed by atoms with van der Waals surface area (Å²) >= 11 is 0. The van der Waals surface area contributed by atoms with Crippen molar-refractivity contribution < 1.29 is 9.13 Å². The molecule has 2 heterocycles. The molecule has 1 aliphatic rings. The number of nitrogens with one attached hydrogen (secondary N) is 2. The molecule has 2 aromatic rings. The number of fused-ring (bicyclic) bond motifs is 1. The predicted octanol–water partition coefficient (Wildman–Crippen LogP) is 1.70. The normalized spacial score (nSPS) is 16.6. The third-order valence-corrected chi connectivity index (χ3v) is 4.88. The number of aromatic nitrogens is 3. The van der Waals surface area contributed by atoms with Crippen molar-refractivity contribution in [1.82, 2.24) is 30.3 Å². The molecule has 1 aromatic heterocycles. The first-order valence-corrected chi connectivity index (χ1v) is 10.4. The lowest BCUT2D eigenvalue weighted by molar-refractivity contribution is 0.177. The summed E-state index contributed by atoms with van der Waals surface area (Å²) in [5.41, 5.74) is 1.67. The summed E-state index contributed by atoms with van der Waals surface area (Å²) < 4.78 is 21.1. The van der Waals surface area contributed by atoms with E-state index < -0.39 is 0 Å². The molecule has 0 fully saturated rings. The third-order valence-electron chi connectivity index (χ3n) is 4.88. The van der Waals surface area contributed by atoms with E-state index in [0.29, 0.717) is 25.3 Å². The van der Waals surface area contributed by atoms with Gasteiger partial charge >= 0.3 is 0 Å². The first-order valence-electron chi connectivity index (χ1n) is 10.4. The van der Waals surface area contributed by atoms with Crippen LogP contribution in [0.1, 0.15) is 36.1 Å². The molecule has 1 aliphatic heterocycles. The zero-order chi connectivity index (χ0) is 21.5. The fourth-order valence-electron chi connectivity index (χ4n) is 3.54. The maximum atomic E-state index is 14.0. The molecule has 1 atom stereocenters. The van der Waals surface area contributed by atoms with Crippen molar-refractivity contribution in [3.63, 3.8) is 0 Å². The number of aliphatic imine (C=N–C) groups is 1. The smallest absolute Gasteiger partial charge is 0.191 e. The molecule has 0 bridgehead atoms. The van der Waals surface area contributed by atoms with E-state index in [2.05, 4.69) is 20.7 Å². The monoisotopic (exact) mass is 417 g/mol. The molecule has 9 heteroatoms. The number of hydrogen-bond acceptors (Lipinski definition) is 5. The highest BCUT2D eigenvalue weighted by Crippen LogP contribution is 2.15. The van der Waals surface area contributed by atoms with Gasteiger partial charge in [0.15, 0.2) is 11.8 Å². The molecule has 0 aliphatic carbocycles. The molecule has 0 saturated heterocycles. The molecular formula is C21H32FN7O.